The van der Waals surface area contributed by atoms with E-state index in [1.807, 2.05) is 42.5 Å². The number of hydrogen-bond acceptors (Lipinski definition) is 5. The molecule has 0 aromatic heterocycles. The largest absolute Gasteiger partial charge is 0.445 e. The van der Waals surface area contributed by atoms with E-state index in [0.717, 1.165) is 10.6 Å². The van der Waals surface area contributed by atoms with Gasteiger partial charge in [0.1, 0.15) is 12.2 Å². The van der Waals surface area contributed by atoms with Gasteiger partial charge in [0.25, 0.3) is 0 Å². The summed E-state index contributed by atoms with van der Waals surface area (Å²) in [7, 11) is 0. The molecule has 7 heteroatoms. The van der Waals surface area contributed by atoms with Crippen molar-refractivity contribution < 1.29 is 19.1 Å². The molecule has 0 aliphatic carbocycles. The van der Waals surface area contributed by atoms with E-state index in [1.165, 1.54) is 4.90 Å². The molecule has 1 aliphatic rings. The van der Waals surface area contributed by atoms with Gasteiger partial charge in [-0.3, -0.25) is 4.90 Å². The Bertz CT molecular complexity index is 625. The molecular formula is C18H25N3O4. The number of rotatable bonds is 4. The molecular weight excluding hydrogens is 322 g/mol. The smallest absolute Gasteiger partial charge is 0.424 e. The van der Waals surface area contributed by atoms with Crippen molar-refractivity contribution >= 4 is 12.2 Å². The van der Waals surface area contributed by atoms with E-state index < -0.39 is 17.8 Å². The Morgan fingerprint density at radius 1 is 1.28 bits per heavy atom. The second-order valence-corrected chi connectivity index (χ2v) is 6.82. The van der Waals surface area contributed by atoms with Crippen LogP contribution in [0.4, 0.5) is 9.59 Å². The molecule has 2 rings (SSSR count). The lowest BCUT2D eigenvalue weighted by atomic mass is 10.2. The van der Waals surface area contributed by atoms with Crippen molar-refractivity contribution in [2.45, 2.75) is 39.0 Å². The topological polar surface area (TPSA) is 85.1 Å². The van der Waals surface area contributed by atoms with Gasteiger partial charge in [-0.25, -0.2) is 20.4 Å². The van der Waals surface area contributed by atoms with Crippen LogP contribution in [0.25, 0.3) is 0 Å². The highest BCUT2D eigenvalue weighted by Gasteiger charge is 2.30. The summed E-state index contributed by atoms with van der Waals surface area (Å²) in [6, 6.07) is 9.10. The summed E-state index contributed by atoms with van der Waals surface area (Å²) in [5.41, 5.74) is 0.280. The SMILES string of the molecule is CC(C)(C)OC(=O)N(N)C[C@H]1C=CCN1C(=O)OCc1ccccc1. The van der Waals surface area contributed by atoms with E-state index in [2.05, 4.69) is 0 Å². The molecule has 0 saturated heterocycles. The van der Waals surface area contributed by atoms with E-state index in [1.54, 1.807) is 20.8 Å². The summed E-state index contributed by atoms with van der Waals surface area (Å²) < 4.78 is 10.6. The highest BCUT2D eigenvalue weighted by Crippen LogP contribution is 2.15. The average molecular weight is 347 g/mol. The quantitative estimate of drug-likeness (QED) is 0.392. The summed E-state index contributed by atoms with van der Waals surface area (Å²) >= 11 is 0. The second-order valence-electron chi connectivity index (χ2n) is 6.82. The highest BCUT2D eigenvalue weighted by molar-refractivity contribution is 5.70. The molecule has 2 N–H and O–H groups in total. The first-order chi connectivity index (χ1) is 11.8. The number of carbonyl (C=O) groups excluding carboxylic acids is 2. The zero-order chi connectivity index (χ0) is 18.4. The normalized spacial score (nSPS) is 16.6. The summed E-state index contributed by atoms with van der Waals surface area (Å²) in [5, 5.41) is 0.975. The van der Waals surface area contributed by atoms with Crippen LogP contribution in [0.2, 0.25) is 0 Å². The van der Waals surface area contributed by atoms with Crippen molar-refractivity contribution in [1.29, 1.82) is 0 Å². The Morgan fingerprint density at radius 2 is 1.96 bits per heavy atom. The zero-order valence-electron chi connectivity index (χ0n) is 14.8. The van der Waals surface area contributed by atoms with Gasteiger partial charge in [0.15, 0.2) is 0 Å². The molecule has 0 spiro atoms. The molecule has 0 fully saturated rings. The monoisotopic (exact) mass is 347 g/mol. The van der Waals surface area contributed by atoms with Gasteiger partial charge < -0.3 is 9.47 Å². The van der Waals surface area contributed by atoms with Gasteiger partial charge in [0.2, 0.25) is 0 Å². The number of amides is 2. The Balaban J connectivity index is 1.87. The van der Waals surface area contributed by atoms with E-state index in [9.17, 15) is 9.59 Å². The average Bonchev–Trinajstić information content (AvgIpc) is 3.00. The summed E-state index contributed by atoms with van der Waals surface area (Å²) in [5.74, 6) is 5.78. The molecule has 1 aromatic carbocycles. The molecule has 0 saturated carbocycles. The predicted octanol–water partition coefficient (Wildman–Crippen LogP) is 2.67. The van der Waals surface area contributed by atoms with Crippen molar-refractivity contribution in [3.63, 3.8) is 0 Å². The first-order valence-corrected chi connectivity index (χ1v) is 8.15. The molecule has 0 bridgehead atoms. The Hall–Kier alpha value is -2.54. The summed E-state index contributed by atoms with van der Waals surface area (Å²) in [6.45, 7) is 6.04. The Morgan fingerprint density at radius 3 is 2.60 bits per heavy atom. The third-order valence-corrected chi connectivity index (χ3v) is 3.51. The minimum Gasteiger partial charge on any atom is -0.445 e. The van der Waals surface area contributed by atoms with Crippen LogP contribution >= 0.6 is 0 Å². The van der Waals surface area contributed by atoms with Gasteiger partial charge in [0.05, 0.1) is 12.6 Å². The number of nitrogens with zero attached hydrogens (tertiary/aromatic N) is 2. The van der Waals surface area contributed by atoms with E-state index in [0.29, 0.717) is 6.54 Å². The number of hydrazine groups is 1. The fraction of sp³-hybridized carbons (Fsp3) is 0.444. The van der Waals surface area contributed by atoms with Gasteiger partial charge >= 0.3 is 12.2 Å². The van der Waals surface area contributed by atoms with E-state index in [4.69, 9.17) is 15.3 Å². The minimum atomic E-state index is -0.634. The van der Waals surface area contributed by atoms with Crippen LogP contribution in [-0.2, 0) is 16.1 Å². The van der Waals surface area contributed by atoms with Gasteiger partial charge in [-0.1, -0.05) is 42.5 Å². The maximum absolute atomic E-state index is 12.3. The number of hydrogen-bond donors (Lipinski definition) is 1. The molecule has 1 aromatic rings. The van der Waals surface area contributed by atoms with Crippen molar-refractivity contribution in [2.24, 2.45) is 5.84 Å². The molecule has 1 atom stereocenters. The predicted molar refractivity (Wildman–Crippen MR) is 93.4 cm³/mol. The van der Waals surface area contributed by atoms with Crippen molar-refractivity contribution in [1.82, 2.24) is 9.91 Å². The summed E-state index contributed by atoms with van der Waals surface area (Å²) in [6.07, 6.45) is 2.59. The maximum atomic E-state index is 12.3. The fourth-order valence-electron chi connectivity index (χ4n) is 2.34. The van der Waals surface area contributed by atoms with Crippen LogP contribution < -0.4 is 5.84 Å². The van der Waals surface area contributed by atoms with Gasteiger partial charge in [-0.05, 0) is 26.3 Å². The molecule has 0 unspecified atom stereocenters. The Kier molecular flexibility index (Phi) is 6.03. The molecule has 0 radical (unpaired) electrons. The number of benzene rings is 1. The van der Waals surface area contributed by atoms with Crippen molar-refractivity contribution in [3.05, 3.63) is 48.0 Å². The van der Waals surface area contributed by atoms with Crippen LogP contribution in [0.3, 0.4) is 0 Å². The van der Waals surface area contributed by atoms with E-state index in [-0.39, 0.29) is 19.2 Å². The van der Waals surface area contributed by atoms with Gasteiger partial charge in [0, 0.05) is 6.54 Å². The van der Waals surface area contributed by atoms with Crippen molar-refractivity contribution in [2.75, 3.05) is 13.1 Å². The molecule has 1 aliphatic heterocycles. The molecule has 136 valence electrons. The molecule has 25 heavy (non-hydrogen) atoms. The first kappa shape index (κ1) is 18.8. The minimum absolute atomic E-state index is 0.131. The molecule has 7 nitrogen and oxygen atoms in total. The van der Waals surface area contributed by atoms with Gasteiger partial charge in [-0.2, -0.15) is 0 Å². The number of ether oxygens (including phenoxy) is 2. The fourth-order valence-corrected chi connectivity index (χ4v) is 2.34. The lowest BCUT2D eigenvalue weighted by Crippen LogP contribution is -2.49. The Labute approximate surface area is 147 Å². The summed E-state index contributed by atoms with van der Waals surface area (Å²) in [4.78, 5) is 25.8. The highest BCUT2D eigenvalue weighted by atomic mass is 16.6. The maximum Gasteiger partial charge on any atom is 0.424 e. The molecule has 1 heterocycles. The standard InChI is InChI=1S/C18H25N3O4/c1-18(2,3)25-17(23)21(19)12-15-10-7-11-20(15)16(22)24-13-14-8-5-4-6-9-14/h4-10,15H,11-13,19H2,1-3H3/t15-/m1/s1. The zero-order valence-corrected chi connectivity index (χ0v) is 14.8. The lowest BCUT2D eigenvalue weighted by Gasteiger charge is -2.29. The number of nitrogens with two attached hydrogens (primary N) is 1. The van der Waals surface area contributed by atoms with Crippen LogP contribution in [-0.4, -0.2) is 46.8 Å². The van der Waals surface area contributed by atoms with Crippen LogP contribution in [0.1, 0.15) is 26.3 Å². The first-order valence-electron chi connectivity index (χ1n) is 8.15. The van der Waals surface area contributed by atoms with Crippen LogP contribution in [0, 0.1) is 0 Å². The van der Waals surface area contributed by atoms with Gasteiger partial charge in [-0.15, -0.1) is 0 Å². The third-order valence-electron chi connectivity index (χ3n) is 3.51. The van der Waals surface area contributed by atoms with Crippen LogP contribution in [0.15, 0.2) is 42.5 Å². The van der Waals surface area contributed by atoms with Crippen LogP contribution in [0.5, 0.6) is 0 Å². The second kappa shape index (κ2) is 8.02. The van der Waals surface area contributed by atoms with E-state index >= 15 is 0 Å². The number of carbonyl (C=O) groups is 2. The molecule has 2 amide bonds. The third kappa shape index (κ3) is 5.79. The van der Waals surface area contributed by atoms with Crippen molar-refractivity contribution in [3.8, 4) is 0 Å². The lowest BCUT2D eigenvalue weighted by molar-refractivity contribution is 0.0203.